The Morgan fingerprint density at radius 1 is 1.40 bits per heavy atom. The number of benzene rings is 1. The van der Waals surface area contributed by atoms with Crippen LogP contribution < -0.4 is 10.5 Å². The molecule has 0 aliphatic rings. The molecule has 80 valence electrons. The van der Waals surface area contributed by atoms with Gasteiger partial charge in [-0.05, 0) is 19.1 Å². The number of nitriles is 1. The van der Waals surface area contributed by atoms with E-state index in [9.17, 15) is 0 Å². The third kappa shape index (κ3) is 3.49. The van der Waals surface area contributed by atoms with E-state index in [0.29, 0.717) is 36.8 Å². The Bertz CT molecular complexity index is 358. The maximum atomic E-state index is 8.69. The summed E-state index contributed by atoms with van der Waals surface area (Å²) in [5, 5.41) is 8.69. The maximum absolute atomic E-state index is 8.69. The molecule has 4 nitrogen and oxygen atoms in total. The summed E-state index contributed by atoms with van der Waals surface area (Å²) in [6.07, 6.45) is 0. The van der Waals surface area contributed by atoms with Crippen LogP contribution in [-0.2, 0) is 4.74 Å². The van der Waals surface area contributed by atoms with Gasteiger partial charge >= 0.3 is 0 Å². The Labute approximate surface area is 89.2 Å². The molecule has 2 N–H and O–H groups in total. The Morgan fingerprint density at radius 2 is 2.20 bits per heavy atom. The van der Waals surface area contributed by atoms with Gasteiger partial charge in [0.25, 0.3) is 0 Å². The van der Waals surface area contributed by atoms with Crippen LogP contribution in [0.25, 0.3) is 0 Å². The second kappa shape index (κ2) is 5.89. The minimum Gasteiger partial charge on any atom is -0.489 e. The number of nitrogen functional groups attached to an aromatic ring is 1. The van der Waals surface area contributed by atoms with E-state index < -0.39 is 0 Å². The summed E-state index contributed by atoms with van der Waals surface area (Å²) in [5.41, 5.74) is 6.75. The highest BCUT2D eigenvalue weighted by molar-refractivity contribution is 5.55. The molecular weight excluding hydrogens is 192 g/mol. The summed E-state index contributed by atoms with van der Waals surface area (Å²) in [7, 11) is 0. The molecule has 0 amide bonds. The van der Waals surface area contributed by atoms with Crippen LogP contribution >= 0.6 is 0 Å². The van der Waals surface area contributed by atoms with E-state index in [0.717, 1.165) is 0 Å². The van der Waals surface area contributed by atoms with Crippen molar-refractivity contribution in [3.63, 3.8) is 0 Å². The molecule has 0 heterocycles. The highest BCUT2D eigenvalue weighted by Crippen LogP contribution is 2.22. The molecular formula is C11H14N2O2. The molecule has 0 saturated carbocycles. The first-order chi connectivity index (χ1) is 7.27. The Balaban J connectivity index is 2.56. The first-order valence-corrected chi connectivity index (χ1v) is 4.78. The molecule has 0 unspecified atom stereocenters. The third-order valence-corrected chi connectivity index (χ3v) is 1.83. The average molecular weight is 206 g/mol. The van der Waals surface area contributed by atoms with Gasteiger partial charge in [-0.3, -0.25) is 0 Å². The summed E-state index contributed by atoms with van der Waals surface area (Å²) in [4.78, 5) is 0. The zero-order chi connectivity index (χ0) is 11.1. The molecule has 0 fully saturated rings. The zero-order valence-corrected chi connectivity index (χ0v) is 8.69. The van der Waals surface area contributed by atoms with Crippen molar-refractivity contribution < 1.29 is 9.47 Å². The fraction of sp³-hybridized carbons (Fsp3) is 0.364. The number of rotatable bonds is 5. The molecule has 15 heavy (non-hydrogen) atoms. The highest BCUT2D eigenvalue weighted by atomic mass is 16.5. The van der Waals surface area contributed by atoms with Crippen LogP contribution in [0.5, 0.6) is 5.75 Å². The number of nitrogens with two attached hydrogens (primary N) is 1. The molecule has 1 aromatic rings. The minimum atomic E-state index is 0.437. The van der Waals surface area contributed by atoms with Crippen LogP contribution in [0, 0.1) is 11.3 Å². The lowest BCUT2D eigenvalue weighted by molar-refractivity contribution is 0.110. The SMILES string of the molecule is CCOCCOc1cc(C#N)ccc1N. The Morgan fingerprint density at radius 3 is 2.87 bits per heavy atom. The van der Waals surface area contributed by atoms with Crippen LogP contribution in [0.4, 0.5) is 5.69 Å². The molecule has 0 atom stereocenters. The molecule has 0 aliphatic heterocycles. The van der Waals surface area contributed by atoms with Crippen molar-refractivity contribution in [3.05, 3.63) is 23.8 Å². The first kappa shape index (κ1) is 11.3. The van der Waals surface area contributed by atoms with E-state index in [2.05, 4.69) is 0 Å². The van der Waals surface area contributed by atoms with Gasteiger partial charge in [-0.25, -0.2) is 0 Å². The van der Waals surface area contributed by atoms with E-state index in [1.807, 2.05) is 13.0 Å². The standard InChI is InChI=1S/C11H14N2O2/c1-2-14-5-6-15-11-7-9(8-12)3-4-10(11)13/h3-4,7H,2,5-6,13H2,1H3. The molecule has 0 aromatic heterocycles. The molecule has 4 heteroatoms. The fourth-order valence-corrected chi connectivity index (χ4v) is 1.08. The number of hydrogen-bond acceptors (Lipinski definition) is 4. The van der Waals surface area contributed by atoms with Crippen molar-refractivity contribution in [1.82, 2.24) is 0 Å². The maximum Gasteiger partial charge on any atom is 0.143 e. The summed E-state index contributed by atoms with van der Waals surface area (Å²) in [5.74, 6) is 0.536. The highest BCUT2D eigenvalue weighted by Gasteiger charge is 2.01. The lowest BCUT2D eigenvalue weighted by atomic mass is 10.2. The van der Waals surface area contributed by atoms with Gasteiger partial charge in [-0.1, -0.05) is 0 Å². The second-order valence-electron chi connectivity index (χ2n) is 2.91. The zero-order valence-electron chi connectivity index (χ0n) is 8.69. The van der Waals surface area contributed by atoms with Crippen molar-refractivity contribution >= 4 is 5.69 Å². The van der Waals surface area contributed by atoms with Gasteiger partial charge in [0, 0.05) is 12.7 Å². The van der Waals surface area contributed by atoms with Gasteiger partial charge in [-0.2, -0.15) is 5.26 Å². The van der Waals surface area contributed by atoms with Crippen LogP contribution in [-0.4, -0.2) is 19.8 Å². The predicted octanol–water partition coefficient (Wildman–Crippen LogP) is 1.56. The molecule has 0 saturated heterocycles. The van der Waals surface area contributed by atoms with Gasteiger partial charge in [0.05, 0.1) is 23.9 Å². The summed E-state index contributed by atoms with van der Waals surface area (Å²) >= 11 is 0. The average Bonchev–Trinajstić information content (AvgIpc) is 2.26. The van der Waals surface area contributed by atoms with Gasteiger partial charge in [0.1, 0.15) is 12.4 Å². The summed E-state index contributed by atoms with van der Waals surface area (Å²) < 4.78 is 10.5. The summed E-state index contributed by atoms with van der Waals surface area (Å²) in [6.45, 7) is 3.54. The fourth-order valence-electron chi connectivity index (χ4n) is 1.08. The topological polar surface area (TPSA) is 68.3 Å². The van der Waals surface area contributed by atoms with Crippen LogP contribution in [0.3, 0.4) is 0 Å². The first-order valence-electron chi connectivity index (χ1n) is 4.78. The second-order valence-corrected chi connectivity index (χ2v) is 2.91. The number of nitrogens with zero attached hydrogens (tertiary/aromatic N) is 1. The van der Waals surface area contributed by atoms with Crippen molar-refractivity contribution in [3.8, 4) is 11.8 Å². The van der Waals surface area contributed by atoms with Crippen molar-refractivity contribution in [2.45, 2.75) is 6.92 Å². The number of hydrogen-bond donors (Lipinski definition) is 1. The van der Waals surface area contributed by atoms with E-state index in [1.54, 1.807) is 18.2 Å². The number of ether oxygens (including phenoxy) is 2. The van der Waals surface area contributed by atoms with Crippen molar-refractivity contribution in [2.75, 3.05) is 25.6 Å². The monoisotopic (exact) mass is 206 g/mol. The van der Waals surface area contributed by atoms with Crippen molar-refractivity contribution in [1.29, 1.82) is 5.26 Å². The smallest absolute Gasteiger partial charge is 0.143 e. The Kier molecular flexibility index (Phi) is 4.45. The van der Waals surface area contributed by atoms with Gasteiger partial charge in [-0.15, -0.1) is 0 Å². The van der Waals surface area contributed by atoms with Crippen LogP contribution in [0.2, 0.25) is 0 Å². The Hall–Kier alpha value is -1.73. The quantitative estimate of drug-likeness (QED) is 0.586. The van der Waals surface area contributed by atoms with Crippen LogP contribution in [0.1, 0.15) is 12.5 Å². The van der Waals surface area contributed by atoms with Gasteiger partial charge < -0.3 is 15.2 Å². The van der Waals surface area contributed by atoms with E-state index in [4.69, 9.17) is 20.5 Å². The largest absolute Gasteiger partial charge is 0.489 e. The molecule has 1 rings (SSSR count). The molecule has 0 spiro atoms. The van der Waals surface area contributed by atoms with Crippen molar-refractivity contribution in [2.24, 2.45) is 0 Å². The van der Waals surface area contributed by atoms with E-state index >= 15 is 0 Å². The summed E-state index contributed by atoms with van der Waals surface area (Å²) in [6, 6.07) is 6.97. The lowest BCUT2D eigenvalue weighted by Crippen LogP contribution is -2.07. The third-order valence-electron chi connectivity index (χ3n) is 1.83. The van der Waals surface area contributed by atoms with Gasteiger partial charge in [0.15, 0.2) is 0 Å². The predicted molar refractivity (Wildman–Crippen MR) is 57.6 cm³/mol. The number of anilines is 1. The molecule has 1 aromatic carbocycles. The lowest BCUT2D eigenvalue weighted by Gasteiger charge is -2.08. The molecule has 0 bridgehead atoms. The molecule has 0 radical (unpaired) electrons. The van der Waals surface area contributed by atoms with Gasteiger partial charge in [0.2, 0.25) is 0 Å². The molecule has 0 aliphatic carbocycles. The van der Waals surface area contributed by atoms with E-state index in [-0.39, 0.29) is 0 Å². The minimum absolute atomic E-state index is 0.437. The van der Waals surface area contributed by atoms with Crippen LogP contribution in [0.15, 0.2) is 18.2 Å². The van der Waals surface area contributed by atoms with E-state index in [1.165, 1.54) is 0 Å². The normalized spacial score (nSPS) is 9.60.